The molecule has 0 atom stereocenters. The number of rotatable bonds is 4. The summed E-state index contributed by atoms with van der Waals surface area (Å²) in [6.07, 6.45) is 3.87. The highest BCUT2D eigenvalue weighted by atomic mass is 16.2. The first-order valence-electron chi connectivity index (χ1n) is 5.82. The molecule has 0 unspecified atom stereocenters. The van der Waals surface area contributed by atoms with E-state index >= 15 is 0 Å². The monoisotopic (exact) mass is 235 g/mol. The smallest absolute Gasteiger partial charge is 0.227 e. The van der Waals surface area contributed by atoms with Crippen LogP contribution in [0.15, 0.2) is 24.5 Å². The van der Waals surface area contributed by atoms with Crippen molar-refractivity contribution in [1.82, 2.24) is 10.3 Å². The van der Waals surface area contributed by atoms with Crippen LogP contribution in [0.2, 0.25) is 0 Å². The Kier molecular flexibility index (Phi) is 4.63. The number of nitrogens with zero attached hydrogens (tertiary/aromatic N) is 2. The van der Waals surface area contributed by atoms with Crippen molar-refractivity contribution in [2.75, 3.05) is 18.5 Å². The first-order valence-corrected chi connectivity index (χ1v) is 5.82. The molecule has 4 heteroatoms. The third-order valence-corrected chi connectivity index (χ3v) is 2.42. The maximum absolute atomic E-state index is 11.9. The van der Waals surface area contributed by atoms with Crippen LogP contribution in [-0.4, -0.2) is 30.0 Å². The Balaban J connectivity index is 2.43. The third-order valence-electron chi connectivity index (χ3n) is 2.42. The summed E-state index contributed by atoms with van der Waals surface area (Å²) in [4.78, 5) is 17.5. The van der Waals surface area contributed by atoms with Gasteiger partial charge in [0.15, 0.2) is 0 Å². The molecule has 0 radical (unpaired) electrons. The average Bonchev–Trinajstić information content (AvgIpc) is 2.27. The van der Waals surface area contributed by atoms with E-state index in [-0.39, 0.29) is 11.4 Å². The molecule has 0 spiro atoms. The highest BCUT2D eigenvalue weighted by Gasteiger charge is 2.13. The first-order chi connectivity index (χ1) is 7.90. The molecule has 1 amide bonds. The van der Waals surface area contributed by atoms with Crippen molar-refractivity contribution < 1.29 is 4.79 Å². The quantitative estimate of drug-likeness (QED) is 0.866. The first kappa shape index (κ1) is 13.6. The maximum atomic E-state index is 11.9. The molecule has 0 aliphatic carbocycles. The summed E-state index contributed by atoms with van der Waals surface area (Å²) >= 11 is 0. The highest BCUT2D eigenvalue weighted by Crippen LogP contribution is 2.10. The number of pyridine rings is 1. The Bertz CT molecular complexity index is 357. The van der Waals surface area contributed by atoms with Crippen LogP contribution in [0.1, 0.15) is 27.2 Å². The second kappa shape index (κ2) is 5.77. The molecule has 94 valence electrons. The summed E-state index contributed by atoms with van der Waals surface area (Å²) in [7, 11) is 1.79. The van der Waals surface area contributed by atoms with Crippen molar-refractivity contribution in [3.63, 3.8) is 0 Å². The zero-order valence-electron chi connectivity index (χ0n) is 11.0. The lowest BCUT2D eigenvalue weighted by Gasteiger charge is -2.22. The van der Waals surface area contributed by atoms with Crippen LogP contribution in [0, 0.1) is 0 Å². The van der Waals surface area contributed by atoms with Crippen LogP contribution in [-0.2, 0) is 4.79 Å². The third kappa shape index (κ3) is 4.95. The van der Waals surface area contributed by atoms with E-state index in [1.165, 1.54) is 0 Å². The van der Waals surface area contributed by atoms with Gasteiger partial charge in [-0.1, -0.05) is 0 Å². The molecule has 0 fully saturated rings. The predicted octanol–water partition coefficient (Wildman–Crippen LogP) is 1.82. The summed E-state index contributed by atoms with van der Waals surface area (Å²) < 4.78 is 0. The normalized spacial score (nSPS) is 11.3. The SMILES string of the molecule is CN(C(=O)CCNC(C)(C)C)c1ccncc1. The van der Waals surface area contributed by atoms with Crippen molar-refractivity contribution in [1.29, 1.82) is 0 Å². The molecule has 1 aromatic rings. The van der Waals surface area contributed by atoms with E-state index in [1.807, 2.05) is 12.1 Å². The minimum Gasteiger partial charge on any atom is -0.315 e. The molecule has 1 aromatic heterocycles. The summed E-state index contributed by atoms with van der Waals surface area (Å²) in [6.45, 7) is 6.95. The molecule has 1 heterocycles. The fourth-order valence-electron chi connectivity index (χ4n) is 1.42. The molecule has 0 bridgehead atoms. The Hall–Kier alpha value is -1.42. The Morgan fingerprint density at radius 2 is 1.94 bits per heavy atom. The van der Waals surface area contributed by atoms with E-state index in [0.29, 0.717) is 13.0 Å². The van der Waals surface area contributed by atoms with E-state index in [2.05, 4.69) is 31.1 Å². The van der Waals surface area contributed by atoms with Crippen molar-refractivity contribution in [3.05, 3.63) is 24.5 Å². The molecule has 17 heavy (non-hydrogen) atoms. The lowest BCUT2D eigenvalue weighted by molar-refractivity contribution is -0.118. The minimum absolute atomic E-state index is 0.0511. The van der Waals surface area contributed by atoms with Gasteiger partial charge < -0.3 is 10.2 Å². The van der Waals surface area contributed by atoms with Gasteiger partial charge in [-0.05, 0) is 32.9 Å². The fraction of sp³-hybridized carbons (Fsp3) is 0.538. The van der Waals surface area contributed by atoms with Crippen LogP contribution in [0.5, 0.6) is 0 Å². The highest BCUT2D eigenvalue weighted by molar-refractivity contribution is 5.92. The number of carbonyl (C=O) groups is 1. The Morgan fingerprint density at radius 3 is 2.47 bits per heavy atom. The van der Waals surface area contributed by atoms with Crippen LogP contribution in [0.4, 0.5) is 5.69 Å². The standard InChI is InChI=1S/C13H21N3O/c1-13(2,3)15-10-7-12(17)16(4)11-5-8-14-9-6-11/h5-6,8-9,15H,7,10H2,1-4H3. The van der Waals surface area contributed by atoms with Gasteiger partial charge in [0.05, 0.1) is 0 Å². The van der Waals surface area contributed by atoms with E-state index in [9.17, 15) is 4.79 Å². The number of hydrogen-bond donors (Lipinski definition) is 1. The number of amides is 1. The second-order valence-electron chi connectivity index (χ2n) is 5.08. The summed E-state index contributed by atoms with van der Waals surface area (Å²) in [5.41, 5.74) is 0.927. The van der Waals surface area contributed by atoms with Gasteiger partial charge in [0, 0.05) is 43.6 Å². The zero-order chi connectivity index (χ0) is 12.9. The van der Waals surface area contributed by atoms with Crippen molar-refractivity contribution in [2.24, 2.45) is 0 Å². The van der Waals surface area contributed by atoms with E-state index in [1.54, 1.807) is 24.3 Å². The van der Waals surface area contributed by atoms with E-state index in [4.69, 9.17) is 0 Å². The van der Waals surface area contributed by atoms with Gasteiger partial charge in [-0.2, -0.15) is 0 Å². The zero-order valence-corrected chi connectivity index (χ0v) is 11.0. The maximum Gasteiger partial charge on any atom is 0.227 e. The van der Waals surface area contributed by atoms with Crippen LogP contribution in [0.25, 0.3) is 0 Å². The van der Waals surface area contributed by atoms with Crippen molar-refractivity contribution in [3.8, 4) is 0 Å². The van der Waals surface area contributed by atoms with Gasteiger partial charge in [-0.25, -0.2) is 0 Å². The number of anilines is 1. The second-order valence-corrected chi connectivity index (χ2v) is 5.08. The number of aromatic nitrogens is 1. The molecular formula is C13H21N3O. The Morgan fingerprint density at radius 1 is 1.35 bits per heavy atom. The molecule has 0 aliphatic rings. The van der Waals surface area contributed by atoms with E-state index < -0.39 is 0 Å². The molecule has 0 aliphatic heterocycles. The van der Waals surface area contributed by atoms with Gasteiger partial charge in [0.25, 0.3) is 0 Å². The van der Waals surface area contributed by atoms with Gasteiger partial charge in [0.2, 0.25) is 5.91 Å². The molecular weight excluding hydrogens is 214 g/mol. The van der Waals surface area contributed by atoms with Crippen molar-refractivity contribution >= 4 is 11.6 Å². The number of hydrogen-bond acceptors (Lipinski definition) is 3. The molecule has 1 rings (SSSR count). The minimum atomic E-state index is 0.0511. The van der Waals surface area contributed by atoms with Gasteiger partial charge >= 0.3 is 0 Å². The van der Waals surface area contributed by atoms with Gasteiger partial charge in [0.1, 0.15) is 0 Å². The fourth-order valence-corrected chi connectivity index (χ4v) is 1.42. The molecule has 0 saturated heterocycles. The average molecular weight is 235 g/mol. The number of nitrogens with one attached hydrogen (secondary N) is 1. The summed E-state index contributed by atoms with van der Waals surface area (Å²) in [5, 5.41) is 3.30. The molecule has 0 saturated carbocycles. The van der Waals surface area contributed by atoms with Crippen molar-refractivity contribution in [2.45, 2.75) is 32.7 Å². The van der Waals surface area contributed by atoms with Crippen LogP contribution >= 0.6 is 0 Å². The van der Waals surface area contributed by atoms with E-state index in [0.717, 1.165) is 5.69 Å². The largest absolute Gasteiger partial charge is 0.315 e. The van der Waals surface area contributed by atoms with Crippen LogP contribution < -0.4 is 10.2 Å². The lowest BCUT2D eigenvalue weighted by atomic mass is 10.1. The van der Waals surface area contributed by atoms with Gasteiger partial charge in [-0.3, -0.25) is 9.78 Å². The summed E-state index contributed by atoms with van der Waals surface area (Å²) in [5.74, 6) is 0.105. The summed E-state index contributed by atoms with van der Waals surface area (Å²) in [6, 6.07) is 3.66. The van der Waals surface area contributed by atoms with Crippen LogP contribution in [0.3, 0.4) is 0 Å². The topological polar surface area (TPSA) is 45.2 Å². The van der Waals surface area contributed by atoms with Gasteiger partial charge in [-0.15, -0.1) is 0 Å². The molecule has 1 N–H and O–H groups in total. The molecule has 0 aromatic carbocycles. The Labute approximate surface area is 103 Å². The molecule has 4 nitrogen and oxygen atoms in total. The lowest BCUT2D eigenvalue weighted by Crippen LogP contribution is -2.38. The predicted molar refractivity (Wildman–Crippen MR) is 70.0 cm³/mol. The number of carbonyl (C=O) groups excluding carboxylic acids is 1.